The first kappa shape index (κ1) is 16.9. The lowest BCUT2D eigenvalue weighted by Gasteiger charge is -2.36. The van der Waals surface area contributed by atoms with Gasteiger partial charge in [-0.3, -0.25) is 9.69 Å². The van der Waals surface area contributed by atoms with Crippen LogP contribution in [0.5, 0.6) is 0 Å². The van der Waals surface area contributed by atoms with Crippen LogP contribution in [0.2, 0.25) is 0 Å². The van der Waals surface area contributed by atoms with E-state index >= 15 is 0 Å². The summed E-state index contributed by atoms with van der Waals surface area (Å²) < 4.78 is 0. The first-order valence-corrected chi connectivity index (χ1v) is 8.74. The first-order chi connectivity index (χ1) is 11.6. The Morgan fingerprint density at radius 2 is 1.88 bits per heavy atom. The number of aliphatic carboxylic acids is 1. The first-order valence-electron chi connectivity index (χ1n) is 8.74. The molecule has 1 heterocycles. The fourth-order valence-corrected chi connectivity index (χ4v) is 3.61. The summed E-state index contributed by atoms with van der Waals surface area (Å²) in [5.41, 5.74) is 1.39. The van der Waals surface area contributed by atoms with Gasteiger partial charge in [0.15, 0.2) is 0 Å². The van der Waals surface area contributed by atoms with E-state index in [2.05, 4.69) is 47.4 Å². The van der Waals surface area contributed by atoms with Crippen LogP contribution in [0, 0.1) is 0 Å². The van der Waals surface area contributed by atoms with Gasteiger partial charge in [-0.2, -0.15) is 0 Å². The number of benzene rings is 2. The number of hydrogen-bond donors (Lipinski definition) is 1. The lowest BCUT2D eigenvalue weighted by atomic mass is 10.0. The molecule has 0 saturated carbocycles. The molecule has 4 nitrogen and oxygen atoms in total. The quantitative estimate of drug-likeness (QED) is 0.886. The third kappa shape index (κ3) is 4.34. The molecular formula is C20H26N2O2. The summed E-state index contributed by atoms with van der Waals surface area (Å²) in [6.07, 6.45) is 3.18. The third-order valence-corrected chi connectivity index (χ3v) is 5.10. The van der Waals surface area contributed by atoms with Gasteiger partial charge in [0, 0.05) is 12.6 Å². The van der Waals surface area contributed by atoms with Gasteiger partial charge < -0.3 is 10.0 Å². The van der Waals surface area contributed by atoms with Crippen LogP contribution in [0.1, 0.15) is 18.4 Å². The van der Waals surface area contributed by atoms with Crippen molar-refractivity contribution in [3.63, 3.8) is 0 Å². The topological polar surface area (TPSA) is 43.8 Å². The number of rotatable bonds is 6. The average Bonchev–Trinajstić information content (AvgIpc) is 2.59. The van der Waals surface area contributed by atoms with Gasteiger partial charge in [0.2, 0.25) is 0 Å². The number of likely N-dealkylation sites (tertiary alicyclic amines) is 1. The van der Waals surface area contributed by atoms with Gasteiger partial charge in [0.25, 0.3) is 0 Å². The largest absolute Gasteiger partial charge is 0.480 e. The minimum absolute atomic E-state index is 0.141. The minimum atomic E-state index is -0.740. The predicted octanol–water partition coefficient (Wildman–Crippen LogP) is 2.86. The Morgan fingerprint density at radius 3 is 2.58 bits per heavy atom. The summed E-state index contributed by atoms with van der Waals surface area (Å²) in [5.74, 6) is -0.740. The van der Waals surface area contributed by atoms with E-state index in [0.717, 1.165) is 38.9 Å². The number of nitrogens with zero attached hydrogens (tertiary/aromatic N) is 2. The van der Waals surface area contributed by atoms with Crippen LogP contribution in [0.15, 0.2) is 42.5 Å². The summed E-state index contributed by atoms with van der Waals surface area (Å²) >= 11 is 0. The van der Waals surface area contributed by atoms with E-state index in [0.29, 0.717) is 6.04 Å². The Labute approximate surface area is 143 Å². The molecule has 0 unspecified atom stereocenters. The van der Waals surface area contributed by atoms with Crippen molar-refractivity contribution in [2.75, 3.05) is 33.2 Å². The zero-order chi connectivity index (χ0) is 16.9. The molecule has 1 saturated heterocycles. The van der Waals surface area contributed by atoms with E-state index < -0.39 is 5.97 Å². The minimum Gasteiger partial charge on any atom is -0.480 e. The Kier molecular flexibility index (Phi) is 5.48. The molecule has 0 aliphatic carbocycles. The number of likely N-dealkylation sites (N-methyl/N-ethyl adjacent to an activating group) is 1. The van der Waals surface area contributed by atoms with Crippen LogP contribution in [-0.2, 0) is 11.2 Å². The molecule has 0 amide bonds. The standard InChI is InChI=1S/C20H26N2O2/c1-21(15-20(23)24)19-9-12-22(13-10-19)11-8-16-6-7-17-4-2-3-5-18(17)14-16/h2-7,14,19H,8-13,15H2,1H3,(H,23,24). The van der Waals surface area contributed by atoms with E-state index in [1.54, 1.807) is 0 Å². The van der Waals surface area contributed by atoms with E-state index in [9.17, 15) is 4.79 Å². The van der Waals surface area contributed by atoms with Gasteiger partial charge in [-0.15, -0.1) is 0 Å². The molecule has 0 atom stereocenters. The molecule has 0 spiro atoms. The summed E-state index contributed by atoms with van der Waals surface area (Å²) in [4.78, 5) is 15.3. The van der Waals surface area contributed by atoms with Crippen molar-refractivity contribution in [3.8, 4) is 0 Å². The zero-order valence-electron chi connectivity index (χ0n) is 14.3. The molecule has 0 bridgehead atoms. The monoisotopic (exact) mass is 326 g/mol. The number of piperidine rings is 1. The maximum absolute atomic E-state index is 10.8. The van der Waals surface area contributed by atoms with Gasteiger partial charge in [0.05, 0.1) is 6.54 Å². The second kappa shape index (κ2) is 7.77. The molecule has 128 valence electrons. The Bertz CT molecular complexity index is 693. The van der Waals surface area contributed by atoms with Crippen LogP contribution in [0.4, 0.5) is 0 Å². The third-order valence-electron chi connectivity index (χ3n) is 5.10. The summed E-state index contributed by atoms with van der Waals surface area (Å²) in [6, 6.07) is 15.6. The molecule has 0 aromatic heterocycles. The SMILES string of the molecule is CN(CC(=O)O)C1CCN(CCc2ccc3ccccc3c2)CC1. The smallest absolute Gasteiger partial charge is 0.317 e. The highest BCUT2D eigenvalue weighted by Crippen LogP contribution is 2.18. The molecule has 1 aliphatic heterocycles. The van der Waals surface area contributed by atoms with Gasteiger partial charge in [-0.25, -0.2) is 0 Å². The molecular weight excluding hydrogens is 300 g/mol. The molecule has 4 heteroatoms. The van der Waals surface area contributed by atoms with Gasteiger partial charge in [-0.1, -0.05) is 42.5 Å². The maximum Gasteiger partial charge on any atom is 0.317 e. The second-order valence-electron chi connectivity index (χ2n) is 6.81. The van der Waals surface area contributed by atoms with Crippen molar-refractivity contribution in [1.29, 1.82) is 0 Å². The van der Waals surface area contributed by atoms with E-state index in [4.69, 9.17) is 5.11 Å². The Hall–Kier alpha value is -1.91. The number of hydrogen-bond acceptors (Lipinski definition) is 3. The molecule has 0 radical (unpaired) electrons. The number of carboxylic acids is 1. The fourth-order valence-electron chi connectivity index (χ4n) is 3.61. The number of fused-ring (bicyclic) bond motifs is 1. The van der Waals surface area contributed by atoms with Crippen LogP contribution in [0.25, 0.3) is 10.8 Å². The highest BCUT2D eigenvalue weighted by molar-refractivity contribution is 5.82. The molecule has 2 aromatic carbocycles. The number of carboxylic acid groups (broad SMARTS) is 1. The van der Waals surface area contributed by atoms with E-state index in [1.165, 1.54) is 16.3 Å². The summed E-state index contributed by atoms with van der Waals surface area (Å²) in [7, 11) is 1.92. The zero-order valence-corrected chi connectivity index (χ0v) is 14.3. The highest BCUT2D eigenvalue weighted by Gasteiger charge is 2.23. The summed E-state index contributed by atoms with van der Waals surface area (Å²) in [5, 5.41) is 11.5. The Morgan fingerprint density at radius 1 is 1.17 bits per heavy atom. The van der Waals surface area contributed by atoms with Gasteiger partial charge >= 0.3 is 5.97 Å². The molecule has 2 aromatic rings. The van der Waals surface area contributed by atoms with Crippen LogP contribution in [-0.4, -0.2) is 60.1 Å². The van der Waals surface area contributed by atoms with E-state index in [1.807, 2.05) is 11.9 Å². The van der Waals surface area contributed by atoms with Gasteiger partial charge in [0.1, 0.15) is 0 Å². The number of carbonyl (C=O) groups is 1. The maximum atomic E-state index is 10.8. The molecule has 1 aliphatic rings. The summed E-state index contributed by atoms with van der Waals surface area (Å²) in [6.45, 7) is 3.33. The van der Waals surface area contributed by atoms with Gasteiger partial charge in [-0.05, 0) is 55.7 Å². The van der Waals surface area contributed by atoms with Crippen molar-refractivity contribution >= 4 is 16.7 Å². The second-order valence-corrected chi connectivity index (χ2v) is 6.81. The predicted molar refractivity (Wildman–Crippen MR) is 97.4 cm³/mol. The normalized spacial score (nSPS) is 16.8. The molecule has 3 rings (SSSR count). The van der Waals surface area contributed by atoms with Crippen LogP contribution < -0.4 is 0 Å². The van der Waals surface area contributed by atoms with Crippen LogP contribution in [0.3, 0.4) is 0 Å². The molecule has 24 heavy (non-hydrogen) atoms. The van der Waals surface area contributed by atoms with Crippen molar-refractivity contribution < 1.29 is 9.90 Å². The fraction of sp³-hybridized carbons (Fsp3) is 0.450. The van der Waals surface area contributed by atoms with Crippen molar-refractivity contribution in [1.82, 2.24) is 9.80 Å². The van der Waals surface area contributed by atoms with Crippen molar-refractivity contribution in [2.24, 2.45) is 0 Å². The van der Waals surface area contributed by atoms with Crippen molar-refractivity contribution in [3.05, 3.63) is 48.0 Å². The van der Waals surface area contributed by atoms with Crippen molar-refractivity contribution in [2.45, 2.75) is 25.3 Å². The average molecular weight is 326 g/mol. The molecule has 1 fully saturated rings. The molecule has 1 N–H and O–H groups in total. The lowest BCUT2D eigenvalue weighted by Crippen LogP contribution is -2.45. The van der Waals surface area contributed by atoms with Crippen LogP contribution >= 0.6 is 0 Å². The Balaban J connectivity index is 1.48. The lowest BCUT2D eigenvalue weighted by molar-refractivity contribution is -0.138. The highest BCUT2D eigenvalue weighted by atomic mass is 16.4. The van der Waals surface area contributed by atoms with E-state index in [-0.39, 0.29) is 6.54 Å².